The first kappa shape index (κ1) is 46.5. The van der Waals surface area contributed by atoms with Gasteiger partial charge in [-0.2, -0.15) is 0 Å². The number of ether oxygens (including phenoxy) is 5. The summed E-state index contributed by atoms with van der Waals surface area (Å²) in [7, 11) is 5.10. The quantitative estimate of drug-likeness (QED) is 0.155. The zero-order valence-corrected chi connectivity index (χ0v) is 36.7. The Hall–Kier alpha value is -3.56. The number of alkyl halides is 1. The van der Waals surface area contributed by atoms with E-state index in [1.807, 2.05) is 62.3 Å². The molecule has 13 atom stereocenters. The van der Waals surface area contributed by atoms with Gasteiger partial charge in [-0.15, -0.1) is 0 Å². The number of ketones is 2. The van der Waals surface area contributed by atoms with Crippen LogP contribution in [-0.2, 0) is 44.5 Å². The Kier molecular flexibility index (Phi) is 14.7. The molecular formula is C45H66FN3O10. The largest absolute Gasteiger partial charge is 0.455 e. The Labute approximate surface area is 348 Å². The minimum atomic E-state index is -3.17. The van der Waals surface area contributed by atoms with E-state index < -0.39 is 83.1 Å². The molecule has 3 fully saturated rings. The van der Waals surface area contributed by atoms with Crippen molar-refractivity contribution < 1.29 is 52.4 Å². The number of hydrogen-bond acceptors (Lipinski definition) is 12. The van der Waals surface area contributed by atoms with Crippen LogP contribution in [0.15, 0.2) is 36.4 Å². The van der Waals surface area contributed by atoms with E-state index in [0.717, 1.165) is 23.5 Å². The molecule has 0 aliphatic carbocycles. The van der Waals surface area contributed by atoms with Crippen LogP contribution in [0.2, 0.25) is 0 Å². The van der Waals surface area contributed by atoms with Crippen molar-refractivity contribution in [2.45, 2.75) is 160 Å². The number of unbranched alkanes of at least 4 members (excludes halogenated alkanes) is 1. The van der Waals surface area contributed by atoms with E-state index in [9.17, 15) is 24.3 Å². The van der Waals surface area contributed by atoms with Crippen LogP contribution in [-0.4, -0.2) is 131 Å². The number of aryl methyl sites for hydroxylation is 1. The summed E-state index contributed by atoms with van der Waals surface area (Å²) >= 11 is 0. The van der Waals surface area contributed by atoms with Crippen molar-refractivity contribution in [3.63, 3.8) is 0 Å². The molecule has 1 amide bonds. The lowest BCUT2D eigenvalue weighted by Gasteiger charge is -2.48. The van der Waals surface area contributed by atoms with Crippen LogP contribution in [0.4, 0.5) is 9.18 Å². The topological polar surface area (TPSA) is 154 Å². The van der Waals surface area contributed by atoms with E-state index >= 15 is 4.39 Å². The highest BCUT2D eigenvalue weighted by atomic mass is 19.1. The van der Waals surface area contributed by atoms with Gasteiger partial charge in [0.15, 0.2) is 17.7 Å². The number of benzene rings is 1. The number of methoxy groups -OCH3 is 1. The zero-order chi connectivity index (χ0) is 43.6. The molecule has 1 N–H and O–H groups in total. The lowest BCUT2D eigenvalue weighted by atomic mass is 9.72. The van der Waals surface area contributed by atoms with Crippen LogP contribution in [0.3, 0.4) is 0 Å². The maximum absolute atomic E-state index is 17.0. The molecular weight excluding hydrogens is 762 g/mol. The number of rotatable bonds is 11. The molecule has 0 saturated carbocycles. The first-order valence-electron chi connectivity index (χ1n) is 21.3. The Morgan fingerprint density at radius 1 is 1.00 bits per heavy atom. The number of carbonyl (C=O) groups excluding carboxylic acids is 4. The Morgan fingerprint density at radius 2 is 1.69 bits per heavy atom. The summed E-state index contributed by atoms with van der Waals surface area (Å²) in [5, 5.41) is 12.2. The minimum Gasteiger partial charge on any atom is -0.455 e. The van der Waals surface area contributed by atoms with Crippen molar-refractivity contribution in [3.8, 4) is 0 Å². The molecule has 3 saturated heterocycles. The number of hydrogen-bond donors (Lipinski definition) is 1. The second kappa shape index (κ2) is 18.6. The van der Waals surface area contributed by atoms with Crippen LogP contribution in [0.25, 0.3) is 10.9 Å². The van der Waals surface area contributed by atoms with Gasteiger partial charge < -0.3 is 38.6 Å². The van der Waals surface area contributed by atoms with Crippen molar-refractivity contribution in [2.24, 2.45) is 17.8 Å². The number of Topliss-reactive ketones (excluding diaryl/α,β-unsaturated/α-hetero) is 2. The third kappa shape index (κ3) is 9.22. The van der Waals surface area contributed by atoms with E-state index in [-0.39, 0.29) is 43.7 Å². The number of amides is 1. The maximum atomic E-state index is 17.0. The number of para-hydroxylation sites is 1. The number of aliphatic hydroxyl groups excluding tert-OH is 1. The van der Waals surface area contributed by atoms with Crippen LogP contribution in [0.5, 0.6) is 0 Å². The standard InChI is InChI=1S/C45H66FN3O10/c1-12-34-45(13-2)37(49(42(54)59-45)23-17-16-19-31-22-21-30-18-14-15-20-32(30)47-31)28(5)35(50)26(3)25-43(7,55-11)39(29(6)38(51)44(8,46)41(53)57-34)58-36-33(48(9)10)24-27(4)56-40(36)52/h14-15,18,20-22,26-29,33-34,36-37,39-40,52H,12-13,16-17,19,23-25H2,1-11H3/t26-,27-,28+,29+,33+,34-,36-,37-,39-,40?,43+,44+,45-/m1/s1. The minimum absolute atomic E-state index is 0.0196. The second-order valence-electron chi connectivity index (χ2n) is 17.7. The van der Waals surface area contributed by atoms with E-state index in [4.69, 9.17) is 28.7 Å². The summed E-state index contributed by atoms with van der Waals surface area (Å²) in [5.74, 6) is -5.66. The average Bonchev–Trinajstić information content (AvgIpc) is 3.50. The van der Waals surface area contributed by atoms with E-state index in [1.165, 1.54) is 14.0 Å². The predicted molar refractivity (Wildman–Crippen MR) is 219 cm³/mol. The molecule has 3 aliphatic rings. The number of aromatic nitrogens is 1. The van der Waals surface area contributed by atoms with Crippen molar-refractivity contribution in [1.29, 1.82) is 0 Å². The zero-order valence-electron chi connectivity index (χ0n) is 36.7. The molecule has 2 aromatic rings. The van der Waals surface area contributed by atoms with Crippen LogP contribution >= 0.6 is 0 Å². The van der Waals surface area contributed by atoms with Gasteiger partial charge in [0.05, 0.1) is 29.4 Å². The number of carbonyl (C=O) groups is 4. The highest BCUT2D eigenvalue weighted by molar-refractivity contribution is 6.08. The van der Waals surface area contributed by atoms with E-state index in [1.54, 1.807) is 39.5 Å². The molecule has 1 aromatic carbocycles. The van der Waals surface area contributed by atoms with Gasteiger partial charge in [-0.1, -0.05) is 58.9 Å². The Bertz CT molecular complexity index is 1830. The average molecular weight is 828 g/mol. The third-order valence-corrected chi connectivity index (χ3v) is 13.3. The van der Waals surface area contributed by atoms with Gasteiger partial charge >= 0.3 is 12.1 Å². The molecule has 4 heterocycles. The van der Waals surface area contributed by atoms with Crippen LogP contribution in [0.1, 0.15) is 99.6 Å². The molecule has 0 radical (unpaired) electrons. The van der Waals surface area contributed by atoms with Gasteiger partial charge in [-0.25, -0.2) is 14.0 Å². The van der Waals surface area contributed by atoms with Crippen LogP contribution in [0, 0.1) is 17.8 Å². The number of pyridine rings is 1. The molecule has 0 bridgehead atoms. The van der Waals surface area contributed by atoms with Gasteiger partial charge in [0.2, 0.25) is 0 Å². The van der Waals surface area contributed by atoms with Crippen molar-refractivity contribution in [2.75, 3.05) is 27.7 Å². The summed E-state index contributed by atoms with van der Waals surface area (Å²) in [6.07, 6.45) is -3.14. The molecule has 1 unspecified atom stereocenters. The first-order chi connectivity index (χ1) is 27.8. The molecule has 328 valence electrons. The summed E-state index contributed by atoms with van der Waals surface area (Å²) < 4.78 is 47.8. The summed E-state index contributed by atoms with van der Waals surface area (Å²) in [5.41, 5.74) is -4.31. The molecule has 3 aliphatic heterocycles. The number of fused-ring (bicyclic) bond motifs is 2. The number of cyclic esters (lactones) is 1. The number of likely N-dealkylation sites (N-methyl/N-ethyl adjacent to an activating group) is 1. The van der Waals surface area contributed by atoms with Gasteiger partial charge in [0, 0.05) is 48.5 Å². The van der Waals surface area contributed by atoms with E-state index in [0.29, 0.717) is 25.7 Å². The van der Waals surface area contributed by atoms with E-state index in [2.05, 4.69) is 0 Å². The predicted octanol–water partition coefficient (Wildman–Crippen LogP) is 6.24. The lowest BCUT2D eigenvalue weighted by molar-refractivity contribution is -0.276. The highest BCUT2D eigenvalue weighted by Gasteiger charge is 2.63. The second-order valence-corrected chi connectivity index (χ2v) is 17.7. The Morgan fingerprint density at radius 3 is 2.34 bits per heavy atom. The van der Waals surface area contributed by atoms with Gasteiger partial charge in [-0.05, 0) is 91.9 Å². The summed E-state index contributed by atoms with van der Waals surface area (Å²) in [4.78, 5) is 65.5. The van der Waals surface area contributed by atoms with Gasteiger partial charge in [0.25, 0.3) is 5.67 Å². The molecule has 59 heavy (non-hydrogen) atoms. The summed E-state index contributed by atoms with van der Waals surface area (Å²) in [6.45, 7) is 13.1. The summed E-state index contributed by atoms with van der Waals surface area (Å²) in [6, 6.07) is 10.7. The van der Waals surface area contributed by atoms with Crippen molar-refractivity contribution in [3.05, 3.63) is 42.1 Å². The number of aliphatic hydroxyl groups is 1. The number of halogens is 1. The monoisotopic (exact) mass is 827 g/mol. The first-order valence-corrected chi connectivity index (χ1v) is 21.3. The fourth-order valence-electron chi connectivity index (χ4n) is 9.90. The number of esters is 1. The van der Waals surface area contributed by atoms with Crippen molar-refractivity contribution >= 4 is 34.5 Å². The maximum Gasteiger partial charge on any atom is 0.410 e. The third-order valence-electron chi connectivity index (χ3n) is 13.3. The molecule has 1 aromatic heterocycles. The fraction of sp³-hybridized carbons (Fsp3) is 0.711. The molecule has 5 rings (SSSR count). The fourth-order valence-corrected chi connectivity index (χ4v) is 9.90. The molecule has 13 nitrogen and oxygen atoms in total. The normalized spacial score (nSPS) is 37.6. The van der Waals surface area contributed by atoms with Crippen LogP contribution < -0.4 is 0 Å². The van der Waals surface area contributed by atoms with Crippen molar-refractivity contribution in [1.82, 2.24) is 14.8 Å². The highest BCUT2D eigenvalue weighted by Crippen LogP contribution is 2.45. The molecule has 14 heteroatoms. The SMILES string of the molecule is CC[C@H]1OC(=O)[C@@](C)(F)C(=O)[C@H](C)[C@@H](O[C@H]2C(O)O[C@H](C)C[C@@H]2N(C)C)[C@@](C)(OC)C[C@@H](C)C(=O)[C@H](C)[C@H]2N(CCCCc3ccc4ccccc4n3)C(=O)O[C@]12CC. The van der Waals surface area contributed by atoms with Gasteiger partial charge in [-0.3, -0.25) is 14.6 Å². The van der Waals surface area contributed by atoms with Gasteiger partial charge in [0.1, 0.15) is 18.0 Å². The smallest absolute Gasteiger partial charge is 0.410 e. The Balaban J connectivity index is 1.51. The molecule has 0 spiro atoms. The number of nitrogens with zero attached hydrogens (tertiary/aromatic N) is 3. The lowest BCUT2D eigenvalue weighted by Crippen LogP contribution is -2.62.